The number of hydrogen-bond acceptors (Lipinski definition) is 5. The van der Waals surface area contributed by atoms with Gasteiger partial charge in [-0.2, -0.15) is 0 Å². The molecule has 6 heteroatoms. The van der Waals surface area contributed by atoms with E-state index in [9.17, 15) is 0 Å². The first kappa shape index (κ1) is 12.9. The van der Waals surface area contributed by atoms with Crippen molar-refractivity contribution in [1.29, 1.82) is 0 Å². The number of benzene rings is 1. The van der Waals surface area contributed by atoms with Crippen LogP contribution in [-0.2, 0) is 6.42 Å². The Kier molecular flexibility index (Phi) is 3.31. The number of nitrogens with one attached hydrogen (secondary N) is 1. The van der Waals surface area contributed by atoms with Gasteiger partial charge in [-0.15, -0.1) is 0 Å². The molecule has 3 N–H and O–H groups in total. The lowest BCUT2D eigenvalue weighted by molar-refractivity contribution is 0.893. The van der Waals surface area contributed by atoms with Crippen molar-refractivity contribution < 1.29 is 0 Å². The molecule has 0 bridgehead atoms. The highest BCUT2D eigenvalue weighted by molar-refractivity contribution is 7.99. The number of aryl methyl sites for hydroxylation is 2. The van der Waals surface area contributed by atoms with Crippen molar-refractivity contribution in [2.45, 2.75) is 30.5 Å². The molecule has 3 aromatic rings. The van der Waals surface area contributed by atoms with E-state index in [4.69, 9.17) is 5.73 Å². The summed E-state index contributed by atoms with van der Waals surface area (Å²) in [4.78, 5) is 16.6. The van der Waals surface area contributed by atoms with E-state index in [1.165, 1.54) is 11.8 Å². The molecule has 0 aliphatic carbocycles. The van der Waals surface area contributed by atoms with Crippen LogP contribution in [-0.4, -0.2) is 19.9 Å². The molecule has 0 saturated heterocycles. The number of anilines is 1. The zero-order valence-corrected chi connectivity index (χ0v) is 12.2. The maximum Gasteiger partial charge on any atom is 0.172 e. The van der Waals surface area contributed by atoms with E-state index in [1.54, 1.807) is 0 Å². The van der Waals surface area contributed by atoms with Gasteiger partial charge in [0.1, 0.15) is 10.9 Å². The highest BCUT2D eigenvalue weighted by atomic mass is 32.2. The molecule has 20 heavy (non-hydrogen) atoms. The zero-order chi connectivity index (χ0) is 14.1. The average Bonchev–Trinajstić information content (AvgIpc) is 2.79. The number of fused-ring (bicyclic) bond motifs is 1. The summed E-state index contributed by atoms with van der Waals surface area (Å²) >= 11 is 1.50. The van der Waals surface area contributed by atoms with Crippen molar-refractivity contribution in [2.75, 3.05) is 5.73 Å². The molecule has 3 rings (SSSR count). The van der Waals surface area contributed by atoms with Crippen LogP contribution >= 0.6 is 11.8 Å². The van der Waals surface area contributed by atoms with E-state index in [0.717, 1.165) is 44.8 Å². The Bertz CT molecular complexity index is 765. The number of nitrogen functional groups attached to an aromatic ring is 1. The minimum atomic E-state index is 0.726. The van der Waals surface area contributed by atoms with Crippen molar-refractivity contribution in [3.05, 3.63) is 35.8 Å². The standard InChI is InChI=1S/C14H15N5S/c1-3-10-7-13(17-8(2)16-10)20-14-18-11-5-4-9(15)6-12(11)19-14/h4-7H,3,15H2,1-2H3,(H,18,19). The predicted molar refractivity (Wildman–Crippen MR) is 80.8 cm³/mol. The van der Waals surface area contributed by atoms with Gasteiger partial charge >= 0.3 is 0 Å². The van der Waals surface area contributed by atoms with Gasteiger partial charge in [0.05, 0.1) is 11.0 Å². The molecule has 0 aliphatic rings. The van der Waals surface area contributed by atoms with E-state index in [2.05, 4.69) is 26.9 Å². The lowest BCUT2D eigenvalue weighted by Gasteiger charge is -2.02. The summed E-state index contributed by atoms with van der Waals surface area (Å²) in [7, 11) is 0. The monoisotopic (exact) mass is 285 g/mol. The van der Waals surface area contributed by atoms with Crippen molar-refractivity contribution in [3.63, 3.8) is 0 Å². The number of aromatic amines is 1. The number of imidazole rings is 1. The largest absolute Gasteiger partial charge is 0.399 e. The lowest BCUT2D eigenvalue weighted by Crippen LogP contribution is -1.95. The van der Waals surface area contributed by atoms with E-state index in [0.29, 0.717) is 0 Å². The van der Waals surface area contributed by atoms with Gasteiger partial charge in [0.2, 0.25) is 0 Å². The van der Waals surface area contributed by atoms with Gasteiger partial charge in [-0.3, -0.25) is 0 Å². The number of hydrogen-bond donors (Lipinski definition) is 2. The second kappa shape index (κ2) is 5.13. The molecule has 2 aromatic heterocycles. The molecule has 0 aliphatic heterocycles. The molecule has 0 fully saturated rings. The first-order valence-corrected chi connectivity index (χ1v) is 7.23. The Morgan fingerprint density at radius 1 is 1.20 bits per heavy atom. The normalized spacial score (nSPS) is 11.1. The number of nitrogens with two attached hydrogens (primary N) is 1. The smallest absolute Gasteiger partial charge is 0.172 e. The van der Waals surface area contributed by atoms with Gasteiger partial charge in [-0.25, -0.2) is 15.0 Å². The van der Waals surface area contributed by atoms with E-state index in [-0.39, 0.29) is 0 Å². The van der Waals surface area contributed by atoms with E-state index in [1.807, 2.05) is 31.2 Å². The van der Waals surface area contributed by atoms with Crippen LogP contribution in [0.15, 0.2) is 34.4 Å². The third kappa shape index (κ3) is 2.60. The molecule has 0 atom stereocenters. The van der Waals surface area contributed by atoms with Crippen molar-refractivity contribution >= 4 is 28.5 Å². The SMILES string of the molecule is CCc1cc(Sc2nc3ccc(N)cc3[nH]2)nc(C)n1. The molecule has 0 saturated carbocycles. The third-order valence-corrected chi connectivity index (χ3v) is 3.72. The second-order valence-electron chi connectivity index (χ2n) is 4.52. The molecule has 5 nitrogen and oxygen atoms in total. The Balaban J connectivity index is 1.94. The number of nitrogens with zero attached hydrogens (tertiary/aromatic N) is 3. The van der Waals surface area contributed by atoms with Crippen LogP contribution in [0.1, 0.15) is 18.4 Å². The second-order valence-corrected chi connectivity index (χ2v) is 5.53. The van der Waals surface area contributed by atoms with Crippen LogP contribution in [0.4, 0.5) is 5.69 Å². The first-order valence-electron chi connectivity index (χ1n) is 6.41. The molecule has 2 heterocycles. The third-order valence-electron chi connectivity index (χ3n) is 2.92. The fourth-order valence-electron chi connectivity index (χ4n) is 1.98. The molecule has 0 spiro atoms. The van der Waals surface area contributed by atoms with Crippen molar-refractivity contribution in [1.82, 2.24) is 19.9 Å². The number of H-pyrrole nitrogens is 1. The Morgan fingerprint density at radius 3 is 2.85 bits per heavy atom. The molecule has 102 valence electrons. The fraction of sp³-hybridized carbons (Fsp3) is 0.214. The summed E-state index contributed by atoms with van der Waals surface area (Å²) in [6.07, 6.45) is 0.896. The summed E-state index contributed by atoms with van der Waals surface area (Å²) in [5, 5.41) is 1.71. The molecular weight excluding hydrogens is 270 g/mol. The maximum absolute atomic E-state index is 5.77. The molecular formula is C14H15N5S. The van der Waals surface area contributed by atoms with Crippen LogP contribution in [0.25, 0.3) is 11.0 Å². The Hall–Kier alpha value is -2.08. The summed E-state index contributed by atoms with van der Waals surface area (Å²) in [5.41, 5.74) is 9.38. The van der Waals surface area contributed by atoms with Gasteiger partial charge in [0.25, 0.3) is 0 Å². The van der Waals surface area contributed by atoms with E-state index >= 15 is 0 Å². The van der Waals surface area contributed by atoms with Crippen LogP contribution in [0.2, 0.25) is 0 Å². The quantitative estimate of drug-likeness (QED) is 0.571. The topological polar surface area (TPSA) is 80.5 Å². The summed E-state index contributed by atoms with van der Waals surface area (Å²) in [5.74, 6) is 0.784. The minimum Gasteiger partial charge on any atom is -0.399 e. The van der Waals surface area contributed by atoms with E-state index < -0.39 is 0 Å². The van der Waals surface area contributed by atoms with Crippen molar-refractivity contribution in [3.8, 4) is 0 Å². The molecule has 0 amide bonds. The van der Waals surface area contributed by atoms with Crippen LogP contribution in [0.5, 0.6) is 0 Å². The van der Waals surface area contributed by atoms with Gasteiger partial charge in [0, 0.05) is 11.4 Å². The summed E-state index contributed by atoms with van der Waals surface area (Å²) in [6.45, 7) is 3.99. The molecule has 1 aromatic carbocycles. The minimum absolute atomic E-state index is 0.726. The Labute approximate surface area is 121 Å². The maximum atomic E-state index is 5.77. The Morgan fingerprint density at radius 2 is 2.05 bits per heavy atom. The highest BCUT2D eigenvalue weighted by Crippen LogP contribution is 2.27. The van der Waals surface area contributed by atoms with Gasteiger partial charge in [0.15, 0.2) is 5.16 Å². The average molecular weight is 285 g/mol. The number of aromatic nitrogens is 4. The molecule has 0 radical (unpaired) electrons. The lowest BCUT2D eigenvalue weighted by atomic mass is 10.3. The summed E-state index contributed by atoms with van der Waals surface area (Å²) < 4.78 is 0. The first-order chi connectivity index (χ1) is 9.64. The van der Waals surface area contributed by atoms with Crippen LogP contribution in [0, 0.1) is 6.92 Å². The molecule has 0 unspecified atom stereocenters. The fourth-order valence-corrected chi connectivity index (χ4v) is 2.86. The predicted octanol–water partition coefficient (Wildman–Crippen LogP) is 2.96. The van der Waals surface area contributed by atoms with Crippen LogP contribution in [0.3, 0.4) is 0 Å². The van der Waals surface area contributed by atoms with Gasteiger partial charge < -0.3 is 10.7 Å². The van der Waals surface area contributed by atoms with Gasteiger partial charge in [-0.1, -0.05) is 6.92 Å². The highest BCUT2D eigenvalue weighted by Gasteiger charge is 2.07. The van der Waals surface area contributed by atoms with Crippen molar-refractivity contribution in [2.24, 2.45) is 0 Å². The van der Waals surface area contributed by atoms with Crippen LogP contribution < -0.4 is 5.73 Å². The van der Waals surface area contributed by atoms with Gasteiger partial charge in [-0.05, 0) is 49.4 Å². The summed E-state index contributed by atoms with van der Waals surface area (Å²) in [6, 6.07) is 7.64. The zero-order valence-electron chi connectivity index (χ0n) is 11.3. The number of rotatable bonds is 3.